The summed E-state index contributed by atoms with van der Waals surface area (Å²) in [7, 11) is 1.62. The fraction of sp³-hybridized carbons (Fsp3) is 0.250. The average molecular weight is 340 g/mol. The van der Waals surface area contributed by atoms with E-state index in [1.54, 1.807) is 31.7 Å². The van der Waals surface area contributed by atoms with Gasteiger partial charge in [-0.05, 0) is 34.0 Å². The molecule has 0 aromatic carbocycles. The van der Waals surface area contributed by atoms with E-state index in [0.717, 1.165) is 5.56 Å². The molecule has 0 aliphatic rings. The number of pyridine rings is 1. The molecule has 0 fully saturated rings. The minimum Gasteiger partial charge on any atom is -0.338 e. The second-order valence-electron chi connectivity index (χ2n) is 4.23. The lowest BCUT2D eigenvalue weighted by atomic mass is 10.2. The molecule has 20 heavy (non-hydrogen) atoms. The molecule has 2 heterocycles. The molecule has 3 N–H and O–H groups in total. The highest BCUT2D eigenvalue weighted by molar-refractivity contribution is 9.10. The molecule has 2 aromatic heterocycles. The first-order valence-electron chi connectivity index (χ1n) is 5.95. The normalized spacial score (nSPS) is 10.3. The molecule has 0 atom stereocenters. The largest absolute Gasteiger partial charge is 0.338 e. The van der Waals surface area contributed by atoms with Crippen molar-refractivity contribution in [3.05, 3.63) is 45.0 Å². The minimum absolute atomic E-state index is 0.157. The number of urea groups is 1. The molecular formula is C12H14BrN5O2. The summed E-state index contributed by atoms with van der Waals surface area (Å²) in [6.07, 6.45) is 5.75. The van der Waals surface area contributed by atoms with Crippen molar-refractivity contribution in [2.75, 3.05) is 11.9 Å². The summed E-state index contributed by atoms with van der Waals surface area (Å²) in [5, 5.41) is 11.9. The summed E-state index contributed by atoms with van der Waals surface area (Å²) in [5.41, 5.74) is 1.41. The van der Waals surface area contributed by atoms with Gasteiger partial charge < -0.3 is 15.2 Å². The number of hydrogen-bond donors (Lipinski definition) is 3. The Kier molecular flexibility index (Phi) is 4.57. The Labute approximate surface area is 123 Å². The van der Waals surface area contributed by atoms with Gasteiger partial charge in [-0.3, -0.25) is 9.89 Å². The molecule has 0 aliphatic carbocycles. The number of carbonyl (C=O) groups excluding carboxylic acids is 1. The van der Waals surface area contributed by atoms with Crippen molar-refractivity contribution in [3.8, 4) is 0 Å². The standard InChI is InChI=1S/C12H14BrN5O2/c1-18-7-9(4-10(13)11(18)19)17-12(20)14-3-2-8-5-15-16-6-8/h4-7H,2-3H2,1H3,(H,15,16)(H2,14,17,20). The monoisotopic (exact) mass is 339 g/mol. The number of hydrogen-bond acceptors (Lipinski definition) is 3. The Hall–Kier alpha value is -2.09. The van der Waals surface area contributed by atoms with Gasteiger partial charge in [0.15, 0.2) is 0 Å². The lowest BCUT2D eigenvalue weighted by Gasteiger charge is -2.08. The summed E-state index contributed by atoms with van der Waals surface area (Å²) in [6.45, 7) is 0.498. The molecule has 0 saturated carbocycles. The van der Waals surface area contributed by atoms with Crippen LogP contribution in [0.1, 0.15) is 5.56 Å². The van der Waals surface area contributed by atoms with Crippen LogP contribution in [-0.2, 0) is 13.5 Å². The maximum absolute atomic E-state index is 11.7. The number of amides is 2. The van der Waals surface area contributed by atoms with Crippen molar-refractivity contribution < 1.29 is 4.79 Å². The number of carbonyl (C=O) groups is 1. The van der Waals surface area contributed by atoms with Gasteiger partial charge in [0, 0.05) is 26.0 Å². The van der Waals surface area contributed by atoms with Crippen molar-refractivity contribution >= 4 is 27.6 Å². The van der Waals surface area contributed by atoms with Crippen LogP contribution in [0, 0.1) is 0 Å². The Morgan fingerprint density at radius 1 is 1.55 bits per heavy atom. The third-order valence-electron chi connectivity index (χ3n) is 2.65. The number of aryl methyl sites for hydroxylation is 1. The van der Waals surface area contributed by atoms with Crippen LogP contribution in [0.15, 0.2) is 33.9 Å². The zero-order valence-corrected chi connectivity index (χ0v) is 12.4. The van der Waals surface area contributed by atoms with E-state index in [9.17, 15) is 9.59 Å². The molecule has 7 nitrogen and oxygen atoms in total. The van der Waals surface area contributed by atoms with Gasteiger partial charge >= 0.3 is 6.03 Å². The van der Waals surface area contributed by atoms with Gasteiger partial charge in [0.1, 0.15) is 0 Å². The Balaban J connectivity index is 1.87. The highest BCUT2D eigenvalue weighted by Gasteiger charge is 2.05. The van der Waals surface area contributed by atoms with Gasteiger partial charge in [-0.2, -0.15) is 5.10 Å². The number of aromatic amines is 1. The van der Waals surface area contributed by atoms with Gasteiger partial charge in [-0.1, -0.05) is 0 Å². The number of rotatable bonds is 4. The smallest absolute Gasteiger partial charge is 0.319 e. The molecule has 0 radical (unpaired) electrons. The summed E-state index contributed by atoms with van der Waals surface area (Å²) < 4.78 is 1.79. The lowest BCUT2D eigenvalue weighted by Crippen LogP contribution is -2.31. The Morgan fingerprint density at radius 3 is 3.00 bits per heavy atom. The summed E-state index contributed by atoms with van der Waals surface area (Å²) >= 11 is 3.15. The molecule has 2 amide bonds. The van der Waals surface area contributed by atoms with Gasteiger partial charge in [-0.15, -0.1) is 0 Å². The van der Waals surface area contributed by atoms with Gasteiger partial charge in [0.25, 0.3) is 5.56 Å². The predicted molar refractivity (Wildman–Crippen MR) is 78.7 cm³/mol. The van der Waals surface area contributed by atoms with E-state index in [2.05, 4.69) is 36.8 Å². The summed E-state index contributed by atoms with van der Waals surface area (Å²) in [4.78, 5) is 23.2. The van der Waals surface area contributed by atoms with Gasteiger partial charge in [0.2, 0.25) is 0 Å². The Morgan fingerprint density at radius 2 is 2.35 bits per heavy atom. The molecule has 2 rings (SSSR count). The highest BCUT2D eigenvalue weighted by Crippen LogP contribution is 2.11. The first-order chi connectivity index (χ1) is 9.56. The van der Waals surface area contributed by atoms with E-state index in [4.69, 9.17) is 0 Å². The second kappa shape index (κ2) is 6.38. The highest BCUT2D eigenvalue weighted by atomic mass is 79.9. The van der Waals surface area contributed by atoms with E-state index in [1.807, 2.05) is 0 Å². The molecule has 8 heteroatoms. The van der Waals surface area contributed by atoms with Crippen LogP contribution < -0.4 is 16.2 Å². The van der Waals surface area contributed by atoms with E-state index in [-0.39, 0.29) is 11.6 Å². The molecule has 106 valence electrons. The van der Waals surface area contributed by atoms with Crippen molar-refractivity contribution in [1.82, 2.24) is 20.1 Å². The average Bonchev–Trinajstić information content (AvgIpc) is 2.89. The van der Waals surface area contributed by atoms with Crippen molar-refractivity contribution in [1.29, 1.82) is 0 Å². The van der Waals surface area contributed by atoms with Crippen LogP contribution in [0.3, 0.4) is 0 Å². The number of halogens is 1. The molecule has 0 bridgehead atoms. The van der Waals surface area contributed by atoms with Crippen LogP contribution in [0.4, 0.5) is 10.5 Å². The molecule has 2 aromatic rings. The van der Waals surface area contributed by atoms with Gasteiger partial charge in [0.05, 0.1) is 16.4 Å². The third-order valence-corrected chi connectivity index (χ3v) is 3.22. The van der Waals surface area contributed by atoms with Crippen molar-refractivity contribution in [2.24, 2.45) is 7.05 Å². The molecule has 0 spiro atoms. The minimum atomic E-state index is -0.320. The summed E-state index contributed by atoms with van der Waals surface area (Å²) in [6, 6.07) is 1.25. The Bertz CT molecular complexity index is 624. The maximum atomic E-state index is 11.7. The van der Waals surface area contributed by atoms with Crippen LogP contribution >= 0.6 is 15.9 Å². The third kappa shape index (κ3) is 3.70. The van der Waals surface area contributed by atoms with E-state index in [0.29, 0.717) is 23.1 Å². The van der Waals surface area contributed by atoms with Crippen LogP contribution in [0.2, 0.25) is 0 Å². The lowest BCUT2D eigenvalue weighted by molar-refractivity contribution is 0.252. The zero-order chi connectivity index (χ0) is 14.5. The molecular weight excluding hydrogens is 326 g/mol. The predicted octanol–water partition coefficient (Wildman–Crippen LogP) is 1.24. The molecule has 0 aliphatic heterocycles. The quantitative estimate of drug-likeness (QED) is 0.782. The van der Waals surface area contributed by atoms with E-state index >= 15 is 0 Å². The second-order valence-corrected chi connectivity index (χ2v) is 5.08. The van der Waals surface area contributed by atoms with Crippen LogP contribution in [0.25, 0.3) is 0 Å². The number of anilines is 1. The topological polar surface area (TPSA) is 91.8 Å². The van der Waals surface area contributed by atoms with Gasteiger partial charge in [-0.25, -0.2) is 4.79 Å². The molecule has 0 saturated heterocycles. The number of H-pyrrole nitrogens is 1. The summed E-state index contributed by atoms with van der Waals surface area (Å²) in [5.74, 6) is 0. The zero-order valence-electron chi connectivity index (χ0n) is 10.8. The fourth-order valence-corrected chi connectivity index (χ4v) is 2.18. The number of nitrogens with zero attached hydrogens (tertiary/aromatic N) is 2. The SMILES string of the molecule is Cn1cc(NC(=O)NCCc2cn[nH]c2)cc(Br)c1=O. The fourth-order valence-electron chi connectivity index (χ4n) is 1.65. The maximum Gasteiger partial charge on any atom is 0.319 e. The first-order valence-corrected chi connectivity index (χ1v) is 6.74. The van der Waals surface area contributed by atoms with Crippen LogP contribution in [-0.4, -0.2) is 27.3 Å². The van der Waals surface area contributed by atoms with Crippen molar-refractivity contribution in [3.63, 3.8) is 0 Å². The van der Waals surface area contributed by atoms with Crippen molar-refractivity contribution in [2.45, 2.75) is 6.42 Å². The van der Waals surface area contributed by atoms with E-state index < -0.39 is 0 Å². The number of aromatic nitrogens is 3. The van der Waals surface area contributed by atoms with E-state index in [1.165, 1.54) is 4.57 Å². The molecule has 0 unspecified atom stereocenters. The number of nitrogens with one attached hydrogen (secondary N) is 3. The first kappa shape index (κ1) is 14.3. The van der Waals surface area contributed by atoms with Crippen LogP contribution in [0.5, 0.6) is 0 Å².